The standard InChI is InChI=1S/C14H9Br2F4N/c1-21-14(6-2-4-9(18)13(20)11(6)16)10-8(17)5-3-7(15)12(10)19/h2-5,14,21H,1H3. The lowest BCUT2D eigenvalue weighted by molar-refractivity contribution is 0.492. The lowest BCUT2D eigenvalue weighted by atomic mass is 9.97. The zero-order valence-corrected chi connectivity index (χ0v) is 13.8. The van der Waals surface area contributed by atoms with Gasteiger partial charge in [-0.2, -0.15) is 0 Å². The lowest BCUT2D eigenvalue weighted by Crippen LogP contribution is -2.21. The van der Waals surface area contributed by atoms with Crippen LogP contribution in [0.1, 0.15) is 17.2 Å². The summed E-state index contributed by atoms with van der Waals surface area (Å²) in [5, 5.41) is 2.71. The molecule has 0 bridgehead atoms. The second-order valence-electron chi connectivity index (χ2n) is 4.24. The van der Waals surface area contributed by atoms with Crippen molar-refractivity contribution in [3.63, 3.8) is 0 Å². The molecule has 0 fully saturated rings. The van der Waals surface area contributed by atoms with Gasteiger partial charge in [-0.15, -0.1) is 0 Å². The SMILES string of the molecule is CNC(c1ccc(F)c(F)c1Br)c1c(F)ccc(Br)c1F. The van der Waals surface area contributed by atoms with Gasteiger partial charge in [-0.25, -0.2) is 17.6 Å². The molecule has 2 rings (SSSR count). The minimum atomic E-state index is -1.11. The van der Waals surface area contributed by atoms with Crippen molar-refractivity contribution in [3.8, 4) is 0 Å². The molecule has 7 heteroatoms. The van der Waals surface area contributed by atoms with E-state index in [2.05, 4.69) is 37.2 Å². The van der Waals surface area contributed by atoms with Gasteiger partial charge < -0.3 is 5.32 Å². The minimum absolute atomic E-state index is 0.0813. The van der Waals surface area contributed by atoms with Crippen LogP contribution in [0.3, 0.4) is 0 Å². The Bertz CT molecular complexity index is 691. The number of hydrogen-bond donors (Lipinski definition) is 1. The predicted octanol–water partition coefficient (Wildman–Crippen LogP) is 5.08. The molecule has 112 valence electrons. The Hall–Kier alpha value is -0.920. The van der Waals surface area contributed by atoms with Gasteiger partial charge in [0.15, 0.2) is 11.6 Å². The molecule has 0 spiro atoms. The second kappa shape index (κ2) is 6.46. The van der Waals surface area contributed by atoms with Crippen molar-refractivity contribution in [2.24, 2.45) is 0 Å². The molecule has 0 saturated carbocycles. The van der Waals surface area contributed by atoms with Gasteiger partial charge >= 0.3 is 0 Å². The molecule has 0 amide bonds. The van der Waals surface area contributed by atoms with Crippen molar-refractivity contribution >= 4 is 31.9 Å². The highest BCUT2D eigenvalue weighted by atomic mass is 79.9. The highest BCUT2D eigenvalue weighted by Crippen LogP contribution is 2.35. The molecule has 0 aromatic heterocycles. The van der Waals surface area contributed by atoms with E-state index in [1.54, 1.807) is 0 Å². The third-order valence-corrected chi connectivity index (χ3v) is 4.45. The fourth-order valence-electron chi connectivity index (χ4n) is 2.03. The van der Waals surface area contributed by atoms with Gasteiger partial charge in [-0.1, -0.05) is 6.07 Å². The Morgan fingerprint density at radius 3 is 2.14 bits per heavy atom. The predicted molar refractivity (Wildman–Crippen MR) is 79.0 cm³/mol. The molecule has 1 nitrogen and oxygen atoms in total. The van der Waals surface area contributed by atoms with E-state index in [0.29, 0.717) is 0 Å². The van der Waals surface area contributed by atoms with Crippen LogP contribution in [-0.4, -0.2) is 7.05 Å². The minimum Gasteiger partial charge on any atom is -0.309 e. The van der Waals surface area contributed by atoms with E-state index in [1.807, 2.05) is 0 Å². The molecule has 1 atom stereocenters. The average Bonchev–Trinajstić information content (AvgIpc) is 2.46. The summed E-state index contributed by atoms with van der Waals surface area (Å²) in [7, 11) is 1.47. The Balaban J connectivity index is 2.66. The largest absolute Gasteiger partial charge is 0.309 e. The number of hydrogen-bond acceptors (Lipinski definition) is 1. The van der Waals surface area contributed by atoms with Crippen LogP contribution in [0.25, 0.3) is 0 Å². The zero-order valence-electron chi connectivity index (χ0n) is 10.7. The number of benzene rings is 2. The summed E-state index contributed by atoms with van der Waals surface area (Å²) in [6.45, 7) is 0. The maximum absolute atomic E-state index is 14.2. The van der Waals surface area contributed by atoms with Crippen molar-refractivity contribution in [1.82, 2.24) is 5.32 Å². The third-order valence-electron chi connectivity index (χ3n) is 3.03. The maximum Gasteiger partial charge on any atom is 0.173 e. The molecule has 0 heterocycles. The first kappa shape index (κ1) is 16.5. The van der Waals surface area contributed by atoms with Crippen LogP contribution in [0.4, 0.5) is 17.6 Å². The van der Waals surface area contributed by atoms with Gasteiger partial charge in [-0.3, -0.25) is 0 Å². The molecule has 1 N–H and O–H groups in total. The van der Waals surface area contributed by atoms with E-state index in [0.717, 1.165) is 12.1 Å². The summed E-state index contributed by atoms with van der Waals surface area (Å²) in [6.07, 6.45) is 0. The number of rotatable bonds is 3. The van der Waals surface area contributed by atoms with E-state index in [-0.39, 0.29) is 20.1 Å². The van der Waals surface area contributed by atoms with Crippen LogP contribution in [0.15, 0.2) is 33.2 Å². The average molecular weight is 427 g/mol. The maximum atomic E-state index is 14.2. The van der Waals surface area contributed by atoms with Crippen molar-refractivity contribution in [3.05, 3.63) is 67.6 Å². The lowest BCUT2D eigenvalue weighted by Gasteiger charge is -2.20. The molecule has 0 saturated heterocycles. The molecule has 0 aliphatic rings. The van der Waals surface area contributed by atoms with Gasteiger partial charge in [0.05, 0.1) is 15.0 Å². The molecule has 0 radical (unpaired) electrons. The zero-order chi connectivity index (χ0) is 15.7. The Labute approximate surface area is 135 Å². The van der Waals surface area contributed by atoms with Crippen molar-refractivity contribution < 1.29 is 17.6 Å². The van der Waals surface area contributed by atoms with E-state index < -0.39 is 29.3 Å². The summed E-state index contributed by atoms with van der Waals surface area (Å²) in [5.41, 5.74) is -0.0918. The van der Waals surface area contributed by atoms with Crippen LogP contribution in [0, 0.1) is 23.3 Å². The summed E-state index contributed by atoms with van der Waals surface area (Å²) in [5.74, 6) is -3.74. The molecule has 2 aromatic carbocycles. The normalized spacial score (nSPS) is 12.5. The Kier molecular flexibility index (Phi) is 5.06. The molecule has 0 aliphatic carbocycles. The van der Waals surface area contributed by atoms with Gasteiger partial charge in [0.25, 0.3) is 0 Å². The topological polar surface area (TPSA) is 12.0 Å². The molecular weight excluding hydrogens is 418 g/mol. The highest BCUT2D eigenvalue weighted by Gasteiger charge is 2.26. The fraction of sp³-hybridized carbons (Fsp3) is 0.143. The van der Waals surface area contributed by atoms with E-state index in [1.165, 1.54) is 19.2 Å². The summed E-state index contributed by atoms with van der Waals surface area (Å²) in [4.78, 5) is 0. The van der Waals surface area contributed by atoms with Crippen LogP contribution >= 0.6 is 31.9 Å². The first-order valence-electron chi connectivity index (χ1n) is 5.82. The van der Waals surface area contributed by atoms with Crippen molar-refractivity contribution in [2.45, 2.75) is 6.04 Å². The Morgan fingerprint density at radius 2 is 1.52 bits per heavy atom. The second-order valence-corrected chi connectivity index (χ2v) is 5.89. The van der Waals surface area contributed by atoms with Crippen LogP contribution in [-0.2, 0) is 0 Å². The first-order valence-corrected chi connectivity index (χ1v) is 7.41. The summed E-state index contributed by atoms with van der Waals surface area (Å²) >= 11 is 5.91. The molecule has 21 heavy (non-hydrogen) atoms. The number of nitrogens with one attached hydrogen (secondary N) is 1. The summed E-state index contributed by atoms with van der Waals surface area (Å²) in [6, 6.07) is 3.53. The highest BCUT2D eigenvalue weighted by molar-refractivity contribution is 9.10. The van der Waals surface area contributed by atoms with Crippen molar-refractivity contribution in [2.75, 3.05) is 7.05 Å². The van der Waals surface area contributed by atoms with E-state index in [9.17, 15) is 17.6 Å². The molecule has 0 aliphatic heterocycles. The van der Waals surface area contributed by atoms with Crippen LogP contribution in [0.5, 0.6) is 0 Å². The third kappa shape index (κ3) is 3.00. The van der Waals surface area contributed by atoms with Gasteiger partial charge in [-0.05, 0) is 62.7 Å². The molecule has 1 unspecified atom stereocenters. The fourth-order valence-corrected chi connectivity index (χ4v) is 2.92. The monoisotopic (exact) mass is 425 g/mol. The van der Waals surface area contributed by atoms with Gasteiger partial charge in [0.2, 0.25) is 0 Å². The number of halogens is 6. The Morgan fingerprint density at radius 1 is 0.905 bits per heavy atom. The molecule has 2 aromatic rings. The quantitative estimate of drug-likeness (QED) is 0.410. The van der Waals surface area contributed by atoms with E-state index in [4.69, 9.17) is 0 Å². The van der Waals surface area contributed by atoms with Gasteiger partial charge in [0.1, 0.15) is 11.6 Å². The van der Waals surface area contributed by atoms with Crippen LogP contribution < -0.4 is 5.32 Å². The summed E-state index contributed by atoms with van der Waals surface area (Å²) < 4.78 is 54.9. The first-order chi connectivity index (χ1) is 9.88. The van der Waals surface area contributed by atoms with E-state index >= 15 is 0 Å². The molecular formula is C14H9Br2F4N. The van der Waals surface area contributed by atoms with Crippen molar-refractivity contribution in [1.29, 1.82) is 0 Å². The van der Waals surface area contributed by atoms with Crippen LogP contribution in [0.2, 0.25) is 0 Å². The van der Waals surface area contributed by atoms with Gasteiger partial charge in [0, 0.05) is 5.56 Å². The smallest absolute Gasteiger partial charge is 0.173 e.